The van der Waals surface area contributed by atoms with E-state index in [1.54, 1.807) is 17.2 Å². The van der Waals surface area contributed by atoms with E-state index in [9.17, 15) is 9.59 Å². The van der Waals surface area contributed by atoms with Crippen LogP contribution in [0.5, 0.6) is 5.75 Å². The number of hydrogen-bond donors (Lipinski definition) is 1. The first-order chi connectivity index (χ1) is 14.2. The van der Waals surface area contributed by atoms with Gasteiger partial charge < -0.3 is 14.6 Å². The summed E-state index contributed by atoms with van der Waals surface area (Å²) in [5.41, 5.74) is 2.50. The number of likely N-dealkylation sites (tertiary alicyclic amines) is 1. The van der Waals surface area contributed by atoms with Crippen LogP contribution >= 0.6 is 0 Å². The summed E-state index contributed by atoms with van der Waals surface area (Å²) >= 11 is 0. The molecule has 1 N–H and O–H groups in total. The van der Waals surface area contributed by atoms with Gasteiger partial charge in [-0.3, -0.25) is 14.5 Å². The highest BCUT2D eigenvalue weighted by Gasteiger charge is 2.30. The van der Waals surface area contributed by atoms with Gasteiger partial charge in [0, 0.05) is 37.8 Å². The number of H-pyrrole nitrogens is 1. The smallest absolute Gasteiger partial charge is 0.248 e. The van der Waals surface area contributed by atoms with Crippen LogP contribution in [0.25, 0.3) is 0 Å². The molecular formula is C23H27N3O3. The van der Waals surface area contributed by atoms with Crippen molar-refractivity contribution in [2.75, 3.05) is 18.0 Å². The standard InChI is InChI=1S/C23H27N3O3/c27-22-8-5-18(15-24-22)26-21-7-6-20(14-16(21)4-9-23(26)28)29-19-10-12-25(13-11-19)17-2-1-3-17/h5-8,14-15,17,19H,1-4,9-13H2,(H,24,27). The number of nitrogens with zero attached hydrogens (tertiary/aromatic N) is 2. The number of piperidine rings is 1. The van der Waals surface area contributed by atoms with E-state index < -0.39 is 0 Å². The van der Waals surface area contributed by atoms with Crippen LogP contribution in [0.1, 0.15) is 44.1 Å². The molecule has 1 aliphatic carbocycles. The Morgan fingerprint density at radius 2 is 1.79 bits per heavy atom. The molecule has 1 saturated carbocycles. The number of aromatic nitrogens is 1. The SMILES string of the molecule is O=C1CCc2cc(OC3CCN(C4CCC4)CC3)ccc2N1c1ccc(=O)[nH]c1. The first kappa shape index (κ1) is 18.4. The van der Waals surface area contributed by atoms with Gasteiger partial charge in [-0.1, -0.05) is 6.42 Å². The van der Waals surface area contributed by atoms with Crippen molar-refractivity contribution in [1.29, 1.82) is 0 Å². The van der Waals surface area contributed by atoms with Crippen molar-refractivity contribution in [3.63, 3.8) is 0 Å². The van der Waals surface area contributed by atoms with E-state index in [4.69, 9.17) is 4.74 Å². The fraction of sp³-hybridized carbons (Fsp3) is 0.478. The monoisotopic (exact) mass is 393 g/mol. The van der Waals surface area contributed by atoms with Crippen molar-refractivity contribution in [3.05, 3.63) is 52.4 Å². The number of carbonyl (C=O) groups excluding carboxylic acids is 1. The van der Waals surface area contributed by atoms with Crippen molar-refractivity contribution in [2.45, 2.75) is 57.1 Å². The molecule has 152 valence electrons. The lowest BCUT2D eigenvalue weighted by molar-refractivity contribution is -0.118. The van der Waals surface area contributed by atoms with Crippen LogP contribution in [-0.2, 0) is 11.2 Å². The lowest BCUT2D eigenvalue weighted by atomic mass is 9.90. The Morgan fingerprint density at radius 1 is 0.966 bits per heavy atom. The molecule has 1 aromatic heterocycles. The maximum Gasteiger partial charge on any atom is 0.248 e. The molecule has 0 unspecified atom stereocenters. The minimum atomic E-state index is -0.175. The summed E-state index contributed by atoms with van der Waals surface area (Å²) in [6, 6.07) is 9.97. The van der Waals surface area contributed by atoms with E-state index >= 15 is 0 Å². The van der Waals surface area contributed by atoms with Crippen LogP contribution in [0.15, 0.2) is 41.3 Å². The largest absolute Gasteiger partial charge is 0.490 e. The number of fused-ring (bicyclic) bond motifs is 1. The number of pyridine rings is 1. The molecular weight excluding hydrogens is 366 g/mol. The number of hydrogen-bond acceptors (Lipinski definition) is 4. The van der Waals surface area contributed by atoms with Crippen molar-refractivity contribution >= 4 is 17.3 Å². The number of carbonyl (C=O) groups is 1. The number of nitrogens with one attached hydrogen (secondary N) is 1. The van der Waals surface area contributed by atoms with Gasteiger partial charge in [0.25, 0.3) is 0 Å². The van der Waals surface area contributed by atoms with Crippen molar-refractivity contribution in [1.82, 2.24) is 9.88 Å². The summed E-state index contributed by atoms with van der Waals surface area (Å²) < 4.78 is 6.31. The van der Waals surface area contributed by atoms with Gasteiger partial charge in [0.15, 0.2) is 0 Å². The maximum atomic E-state index is 12.6. The van der Waals surface area contributed by atoms with E-state index in [2.05, 4.69) is 16.0 Å². The number of benzene rings is 1. The van der Waals surface area contributed by atoms with Gasteiger partial charge >= 0.3 is 0 Å². The second-order valence-corrected chi connectivity index (χ2v) is 8.37. The fourth-order valence-electron chi connectivity index (χ4n) is 4.67. The average molecular weight is 393 g/mol. The predicted molar refractivity (Wildman–Crippen MR) is 112 cm³/mol. The Morgan fingerprint density at radius 3 is 2.48 bits per heavy atom. The third-order valence-electron chi connectivity index (χ3n) is 6.55. The summed E-state index contributed by atoms with van der Waals surface area (Å²) in [5.74, 6) is 0.934. The molecule has 1 aromatic carbocycles. The van der Waals surface area contributed by atoms with Gasteiger partial charge in [-0.15, -0.1) is 0 Å². The normalized spacial score (nSPS) is 21.0. The lowest BCUT2D eigenvalue weighted by Crippen LogP contribution is -2.46. The first-order valence-corrected chi connectivity index (χ1v) is 10.7. The molecule has 0 radical (unpaired) electrons. The van der Waals surface area contributed by atoms with E-state index in [1.165, 1.54) is 25.3 Å². The van der Waals surface area contributed by atoms with Crippen LogP contribution in [0.4, 0.5) is 11.4 Å². The van der Waals surface area contributed by atoms with Gasteiger partial charge in [-0.25, -0.2) is 0 Å². The first-order valence-electron chi connectivity index (χ1n) is 10.7. The van der Waals surface area contributed by atoms with Crippen LogP contribution in [0.3, 0.4) is 0 Å². The van der Waals surface area contributed by atoms with Crippen LogP contribution in [-0.4, -0.2) is 41.0 Å². The second-order valence-electron chi connectivity index (χ2n) is 8.37. The van der Waals surface area contributed by atoms with Crippen molar-refractivity contribution in [3.8, 4) is 5.75 Å². The molecule has 2 aromatic rings. The lowest BCUT2D eigenvalue weighted by Gasteiger charge is -2.41. The van der Waals surface area contributed by atoms with Crippen molar-refractivity contribution < 1.29 is 9.53 Å². The van der Waals surface area contributed by atoms with Gasteiger partial charge in [-0.2, -0.15) is 0 Å². The zero-order valence-corrected chi connectivity index (χ0v) is 16.6. The van der Waals surface area contributed by atoms with Gasteiger partial charge in [0.1, 0.15) is 11.9 Å². The summed E-state index contributed by atoms with van der Waals surface area (Å²) in [5, 5.41) is 0. The molecule has 2 fully saturated rings. The van der Waals surface area contributed by atoms with Gasteiger partial charge in [-0.05, 0) is 61.9 Å². The highest BCUT2D eigenvalue weighted by atomic mass is 16.5. The number of amides is 1. The Hall–Kier alpha value is -2.60. The van der Waals surface area contributed by atoms with Crippen molar-refractivity contribution in [2.24, 2.45) is 0 Å². The molecule has 3 aliphatic rings. The Balaban J connectivity index is 1.30. The molecule has 5 rings (SSSR count). The predicted octanol–water partition coefficient (Wildman–Crippen LogP) is 3.38. The summed E-state index contributed by atoms with van der Waals surface area (Å²) in [6.45, 7) is 2.27. The summed E-state index contributed by atoms with van der Waals surface area (Å²) in [6.07, 6.45) is 9.29. The molecule has 1 saturated heterocycles. The number of aromatic amines is 1. The van der Waals surface area contributed by atoms with Crippen LogP contribution in [0.2, 0.25) is 0 Å². The van der Waals surface area contributed by atoms with E-state index in [-0.39, 0.29) is 17.6 Å². The van der Waals surface area contributed by atoms with E-state index in [0.717, 1.165) is 49.0 Å². The third-order valence-corrected chi connectivity index (χ3v) is 6.55. The maximum absolute atomic E-state index is 12.6. The third kappa shape index (κ3) is 3.69. The van der Waals surface area contributed by atoms with Crippen LogP contribution < -0.4 is 15.2 Å². The summed E-state index contributed by atoms with van der Waals surface area (Å²) in [4.78, 5) is 30.9. The molecule has 29 heavy (non-hydrogen) atoms. The Kier molecular flexibility index (Phi) is 4.87. The van der Waals surface area contributed by atoms with E-state index in [0.29, 0.717) is 18.5 Å². The number of aryl methyl sites for hydroxylation is 1. The van der Waals surface area contributed by atoms with Gasteiger partial charge in [0.2, 0.25) is 11.5 Å². The number of ether oxygens (including phenoxy) is 1. The molecule has 0 bridgehead atoms. The zero-order valence-electron chi connectivity index (χ0n) is 16.6. The average Bonchev–Trinajstić information content (AvgIpc) is 2.69. The second kappa shape index (κ2) is 7.67. The summed E-state index contributed by atoms with van der Waals surface area (Å²) in [7, 11) is 0. The fourth-order valence-corrected chi connectivity index (χ4v) is 4.67. The molecule has 2 aliphatic heterocycles. The Labute approximate surface area is 170 Å². The highest BCUT2D eigenvalue weighted by Crippen LogP contribution is 2.36. The van der Waals surface area contributed by atoms with E-state index in [1.807, 2.05) is 12.1 Å². The molecule has 0 atom stereocenters. The minimum absolute atomic E-state index is 0.0431. The topological polar surface area (TPSA) is 65.6 Å². The molecule has 0 spiro atoms. The zero-order chi connectivity index (χ0) is 19.8. The highest BCUT2D eigenvalue weighted by molar-refractivity contribution is 6.03. The minimum Gasteiger partial charge on any atom is -0.490 e. The number of anilines is 2. The molecule has 6 heteroatoms. The van der Waals surface area contributed by atoms with Gasteiger partial charge in [0.05, 0.1) is 11.4 Å². The molecule has 6 nitrogen and oxygen atoms in total. The molecule has 3 heterocycles. The van der Waals surface area contributed by atoms with Crippen LogP contribution in [0, 0.1) is 0 Å². The molecule has 1 amide bonds. The quantitative estimate of drug-likeness (QED) is 0.865. The number of rotatable bonds is 4. The Bertz CT molecular complexity index is 938.